The minimum Gasteiger partial charge on any atom is -0.489 e. The van der Waals surface area contributed by atoms with Gasteiger partial charge in [-0.15, -0.1) is 0 Å². The smallest absolute Gasteiger partial charge is 0.146 e. The number of nitrogens with one attached hydrogen (secondary N) is 2. The lowest BCUT2D eigenvalue weighted by Gasteiger charge is -2.21. The van der Waals surface area contributed by atoms with E-state index in [9.17, 15) is 0 Å². The van der Waals surface area contributed by atoms with Crippen LogP contribution in [0, 0.1) is 5.92 Å². The van der Waals surface area contributed by atoms with Gasteiger partial charge >= 0.3 is 0 Å². The number of ether oxygens (including phenoxy) is 2. The summed E-state index contributed by atoms with van der Waals surface area (Å²) in [6.45, 7) is 5.32. The van der Waals surface area contributed by atoms with Crippen LogP contribution in [0.5, 0.6) is 5.75 Å². The largest absolute Gasteiger partial charge is 0.489 e. The van der Waals surface area contributed by atoms with E-state index in [2.05, 4.69) is 28.8 Å². The predicted molar refractivity (Wildman–Crippen MR) is 80.3 cm³/mol. The number of hydrogen-bond donors (Lipinski definition) is 2. The predicted octanol–water partition coefficient (Wildman–Crippen LogP) is 2.40. The molecule has 20 heavy (non-hydrogen) atoms. The second-order valence-corrected chi connectivity index (χ2v) is 5.62. The maximum Gasteiger partial charge on any atom is 0.146 e. The number of anilines is 1. The highest BCUT2D eigenvalue weighted by Gasteiger charge is 2.20. The van der Waals surface area contributed by atoms with Crippen LogP contribution in [0.1, 0.15) is 24.8 Å². The summed E-state index contributed by atoms with van der Waals surface area (Å²) in [6.07, 6.45) is 3.80. The van der Waals surface area contributed by atoms with E-state index in [0.717, 1.165) is 63.2 Å². The molecule has 0 bridgehead atoms. The average Bonchev–Trinajstić information content (AvgIpc) is 3.30. The van der Waals surface area contributed by atoms with Gasteiger partial charge in [0, 0.05) is 31.9 Å². The van der Waals surface area contributed by atoms with Crippen LogP contribution in [-0.4, -0.2) is 32.9 Å². The van der Waals surface area contributed by atoms with Crippen LogP contribution in [0.2, 0.25) is 0 Å². The Hall–Kier alpha value is -1.26. The molecule has 1 heterocycles. The van der Waals surface area contributed by atoms with Crippen molar-refractivity contribution in [2.45, 2.75) is 25.8 Å². The Kier molecular flexibility index (Phi) is 4.77. The molecule has 0 unspecified atom stereocenters. The van der Waals surface area contributed by atoms with Crippen LogP contribution in [0.25, 0.3) is 0 Å². The molecule has 4 heteroatoms. The quantitative estimate of drug-likeness (QED) is 0.716. The Morgan fingerprint density at radius 3 is 3.20 bits per heavy atom. The third-order valence-corrected chi connectivity index (χ3v) is 3.77. The molecule has 1 aliphatic heterocycles. The summed E-state index contributed by atoms with van der Waals surface area (Å²) < 4.78 is 11.4. The molecule has 3 rings (SSSR count). The molecule has 0 saturated heterocycles. The lowest BCUT2D eigenvalue weighted by Crippen LogP contribution is -2.21. The number of benzene rings is 1. The van der Waals surface area contributed by atoms with Crippen LogP contribution in [0.15, 0.2) is 18.2 Å². The van der Waals surface area contributed by atoms with Crippen molar-refractivity contribution in [2.75, 3.05) is 38.2 Å². The summed E-state index contributed by atoms with van der Waals surface area (Å²) in [7, 11) is 0. The fourth-order valence-corrected chi connectivity index (χ4v) is 2.43. The first kappa shape index (κ1) is 13.7. The highest BCUT2D eigenvalue weighted by Crippen LogP contribution is 2.31. The van der Waals surface area contributed by atoms with Gasteiger partial charge in [-0.3, -0.25) is 0 Å². The summed E-state index contributed by atoms with van der Waals surface area (Å²) in [5, 5.41) is 6.83. The first-order valence-electron chi connectivity index (χ1n) is 7.70. The van der Waals surface area contributed by atoms with Crippen molar-refractivity contribution in [3.63, 3.8) is 0 Å². The highest BCUT2D eigenvalue weighted by molar-refractivity contribution is 5.61. The Labute approximate surface area is 120 Å². The van der Waals surface area contributed by atoms with Crippen molar-refractivity contribution >= 4 is 5.69 Å². The molecule has 1 aliphatic carbocycles. The standard InChI is InChI=1S/C16H24N2O2/c1-3-14(16-15(4-1)18-8-10-20-16)11-17-7-2-9-19-12-13-5-6-13/h1,3-4,13,17-18H,2,5-12H2. The molecule has 2 N–H and O–H groups in total. The molecular formula is C16H24N2O2. The van der Waals surface area contributed by atoms with E-state index in [1.807, 2.05) is 0 Å². The fraction of sp³-hybridized carbons (Fsp3) is 0.625. The molecule has 1 saturated carbocycles. The molecule has 4 nitrogen and oxygen atoms in total. The van der Waals surface area contributed by atoms with Gasteiger partial charge in [0.05, 0.1) is 5.69 Å². The van der Waals surface area contributed by atoms with Crippen LogP contribution in [-0.2, 0) is 11.3 Å². The monoisotopic (exact) mass is 276 g/mol. The molecule has 1 aromatic rings. The summed E-state index contributed by atoms with van der Waals surface area (Å²) in [5.74, 6) is 1.87. The first-order chi connectivity index (χ1) is 9.93. The van der Waals surface area contributed by atoms with Crippen molar-refractivity contribution in [2.24, 2.45) is 5.92 Å². The van der Waals surface area contributed by atoms with E-state index >= 15 is 0 Å². The Morgan fingerprint density at radius 1 is 1.35 bits per heavy atom. The highest BCUT2D eigenvalue weighted by atomic mass is 16.5. The minimum atomic E-state index is 0.749. The number of fused-ring (bicyclic) bond motifs is 1. The van der Waals surface area contributed by atoms with Crippen LogP contribution >= 0.6 is 0 Å². The van der Waals surface area contributed by atoms with Crippen molar-refractivity contribution in [3.05, 3.63) is 23.8 Å². The zero-order chi connectivity index (χ0) is 13.6. The van der Waals surface area contributed by atoms with Gasteiger partial charge in [0.25, 0.3) is 0 Å². The van der Waals surface area contributed by atoms with Crippen LogP contribution in [0.3, 0.4) is 0 Å². The number of para-hydroxylation sites is 1. The second-order valence-electron chi connectivity index (χ2n) is 5.62. The number of hydrogen-bond acceptors (Lipinski definition) is 4. The van der Waals surface area contributed by atoms with Crippen LogP contribution < -0.4 is 15.4 Å². The SMILES string of the molecule is c1cc(CNCCCOCC2CC2)c2c(c1)NCCO2. The maximum atomic E-state index is 5.76. The van der Waals surface area contributed by atoms with Crippen molar-refractivity contribution < 1.29 is 9.47 Å². The summed E-state index contributed by atoms with van der Waals surface area (Å²) in [4.78, 5) is 0. The van der Waals surface area contributed by atoms with Gasteiger partial charge in [-0.2, -0.15) is 0 Å². The van der Waals surface area contributed by atoms with E-state index in [1.54, 1.807) is 0 Å². The molecule has 0 radical (unpaired) electrons. The molecule has 0 aromatic heterocycles. The van der Waals surface area contributed by atoms with E-state index in [1.165, 1.54) is 18.4 Å². The third kappa shape index (κ3) is 3.87. The van der Waals surface area contributed by atoms with Gasteiger partial charge in [0.15, 0.2) is 0 Å². The minimum absolute atomic E-state index is 0.749. The van der Waals surface area contributed by atoms with E-state index in [0.29, 0.717) is 0 Å². The van der Waals surface area contributed by atoms with Gasteiger partial charge < -0.3 is 20.1 Å². The van der Waals surface area contributed by atoms with Gasteiger partial charge in [-0.25, -0.2) is 0 Å². The zero-order valence-electron chi connectivity index (χ0n) is 12.0. The zero-order valence-corrected chi connectivity index (χ0v) is 12.0. The van der Waals surface area contributed by atoms with Crippen molar-refractivity contribution in [1.82, 2.24) is 5.32 Å². The first-order valence-corrected chi connectivity index (χ1v) is 7.70. The Balaban J connectivity index is 1.35. The summed E-state index contributed by atoms with van der Waals surface area (Å²) in [5.41, 5.74) is 2.34. The number of rotatable bonds is 8. The molecular weight excluding hydrogens is 252 g/mol. The normalized spacial score (nSPS) is 17.2. The second kappa shape index (κ2) is 6.95. The molecule has 110 valence electrons. The lowest BCUT2D eigenvalue weighted by atomic mass is 10.1. The van der Waals surface area contributed by atoms with Gasteiger partial charge in [0.2, 0.25) is 0 Å². The average molecular weight is 276 g/mol. The van der Waals surface area contributed by atoms with Crippen molar-refractivity contribution in [1.29, 1.82) is 0 Å². The van der Waals surface area contributed by atoms with E-state index in [4.69, 9.17) is 9.47 Å². The molecule has 0 spiro atoms. The molecule has 0 atom stereocenters. The topological polar surface area (TPSA) is 42.5 Å². The fourth-order valence-electron chi connectivity index (χ4n) is 2.43. The van der Waals surface area contributed by atoms with Crippen LogP contribution in [0.4, 0.5) is 5.69 Å². The van der Waals surface area contributed by atoms with E-state index in [-0.39, 0.29) is 0 Å². The summed E-state index contributed by atoms with van der Waals surface area (Å²) >= 11 is 0. The molecule has 1 fully saturated rings. The van der Waals surface area contributed by atoms with E-state index < -0.39 is 0 Å². The third-order valence-electron chi connectivity index (χ3n) is 3.77. The van der Waals surface area contributed by atoms with Gasteiger partial charge in [-0.05, 0) is 37.8 Å². The molecule has 1 aromatic carbocycles. The molecule has 0 amide bonds. The lowest BCUT2D eigenvalue weighted by molar-refractivity contribution is 0.122. The van der Waals surface area contributed by atoms with Crippen molar-refractivity contribution in [3.8, 4) is 5.75 Å². The maximum absolute atomic E-state index is 5.76. The molecule has 2 aliphatic rings. The summed E-state index contributed by atoms with van der Waals surface area (Å²) in [6, 6.07) is 6.28. The van der Waals surface area contributed by atoms with Gasteiger partial charge in [-0.1, -0.05) is 12.1 Å². The Bertz CT molecular complexity index is 432. The Morgan fingerprint density at radius 2 is 2.30 bits per heavy atom. The van der Waals surface area contributed by atoms with Gasteiger partial charge in [0.1, 0.15) is 12.4 Å².